The smallest absolute Gasteiger partial charge is 0.243 e. The lowest BCUT2D eigenvalue weighted by Crippen LogP contribution is -2.48. The Kier molecular flexibility index (Phi) is 5.86. The maximum Gasteiger partial charge on any atom is 0.243 e. The number of hydrogen-bond acceptors (Lipinski definition) is 5. The first kappa shape index (κ1) is 20.6. The summed E-state index contributed by atoms with van der Waals surface area (Å²) >= 11 is 0. The van der Waals surface area contributed by atoms with E-state index in [9.17, 15) is 16.8 Å². The van der Waals surface area contributed by atoms with Gasteiger partial charge in [0.05, 0.1) is 16.3 Å². The van der Waals surface area contributed by atoms with Gasteiger partial charge in [0.1, 0.15) is 0 Å². The number of nitrogens with zero attached hydrogens (tertiary/aromatic N) is 3. The minimum atomic E-state index is -3.58. The first-order chi connectivity index (χ1) is 12.7. The van der Waals surface area contributed by atoms with Gasteiger partial charge >= 0.3 is 0 Å². The van der Waals surface area contributed by atoms with Crippen LogP contribution in [0.1, 0.15) is 30.9 Å². The fourth-order valence-electron chi connectivity index (χ4n) is 3.81. The van der Waals surface area contributed by atoms with Gasteiger partial charge in [-0.2, -0.15) is 4.31 Å². The molecule has 2 aliphatic rings. The van der Waals surface area contributed by atoms with Crippen LogP contribution in [0.4, 0.5) is 5.69 Å². The highest BCUT2D eigenvalue weighted by molar-refractivity contribution is 7.92. The van der Waals surface area contributed by atoms with E-state index in [0.717, 1.165) is 26.1 Å². The number of anilines is 1. The van der Waals surface area contributed by atoms with Gasteiger partial charge in [-0.25, -0.2) is 16.8 Å². The number of hydrogen-bond donors (Lipinski definition) is 0. The second kappa shape index (κ2) is 7.69. The Hall–Kier alpha value is -1.16. The molecule has 0 atom stereocenters. The Bertz CT molecular complexity index is 905. The summed E-state index contributed by atoms with van der Waals surface area (Å²) in [5.74, 6) is 0.146. The Morgan fingerprint density at radius 2 is 1.63 bits per heavy atom. The van der Waals surface area contributed by atoms with Crippen molar-refractivity contribution in [2.45, 2.75) is 38.5 Å². The van der Waals surface area contributed by atoms with Crippen LogP contribution >= 0.6 is 0 Å². The molecule has 0 saturated carbocycles. The summed E-state index contributed by atoms with van der Waals surface area (Å²) in [4.78, 5) is 2.51. The average molecular weight is 416 g/mol. The number of rotatable bonds is 4. The van der Waals surface area contributed by atoms with Crippen molar-refractivity contribution in [1.29, 1.82) is 0 Å². The van der Waals surface area contributed by atoms with Crippen molar-refractivity contribution >= 4 is 25.7 Å². The Labute approximate surface area is 163 Å². The molecule has 2 heterocycles. The van der Waals surface area contributed by atoms with Crippen molar-refractivity contribution in [2.24, 2.45) is 0 Å². The molecule has 0 amide bonds. The monoisotopic (exact) mass is 415 g/mol. The summed E-state index contributed by atoms with van der Waals surface area (Å²) in [6.45, 7) is 9.41. The zero-order valence-corrected chi connectivity index (χ0v) is 17.9. The van der Waals surface area contributed by atoms with Gasteiger partial charge in [-0.3, -0.25) is 4.31 Å². The van der Waals surface area contributed by atoms with Crippen LogP contribution in [0, 0.1) is 13.8 Å². The van der Waals surface area contributed by atoms with E-state index in [1.54, 1.807) is 26.0 Å². The standard InChI is InChI=1S/C18H29N3O4S2/c1-4-19-8-10-20(11-9-19)27(24,25)18-14-15(2)17(13-16(18)3)21-7-5-6-12-26(21,22)23/h13-14H,4-12H2,1-3H3. The summed E-state index contributed by atoms with van der Waals surface area (Å²) in [7, 11) is -6.91. The van der Waals surface area contributed by atoms with Gasteiger partial charge in [-0.1, -0.05) is 6.92 Å². The van der Waals surface area contributed by atoms with Crippen LogP contribution in [0.5, 0.6) is 0 Å². The van der Waals surface area contributed by atoms with E-state index in [1.165, 1.54) is 8.61 Å². The van der Waals surface area contributed by atoms with Crippen LogP contribution in [-0.2, 0) is 20.0 Å². The third-order valence-corrected chi connectivity index (χ3v) is 9.40. The van der Waals surface area contributed by atoms with E-state index in [-0.39, 0.29) is 10.6 Å². The van der Waals surface area contributed by atoms with E-state index in [1.807, 2.05) is 0 Å². The molecule has 2 saturated heterocycles. The molecule has 1 aromatic rings. The van der Waals surface area contributed by atoms with Crippen LogP contribution in [0.25, 0.3) is 0 Å². The van der Waals surface area contributed by atoms with E-state index in [2.05, 4.69) is 11.8 Å². The molecule has 7 nitrogen and oxygen atoms in total. The second-order valence-corrected chi connectivity index (χ2v) is 11.3. The first-order valence-corrected chi connectivity index (χ1v) is 12.6. The summed E-state index contributed by atoms with van der Waals surface area (Å²) in [5.41, 5.74) is 1.87. The van der Waals surface area contributed by atoms with Crippen molar-refractivity contribution in [3.63, 3.8) is 0 Å². The van der Waals surface area contributed by atoms with Crippen molar-refractivity contribution < 1.29 is 16.8 Å². The average Bonchev–Trinajstić information content (AvgIpc) is 2.63. The molecule has 9 heteroatoms. The number of piperazine rings is 1. The largest absolute Gasteiger partial charge is 0.301 e. The zero-order chi connectivity index (χ0) is 19.8. The molecule has 2 fully saturated rings. The molecule has 0 aliphatic carbocycles. The lowest BCUT2D eigenvalue weighted by Gasteiger charge is -2.34. The molecule has 0 radical (unpaired) electrons. The van der Waals surface area contributed by atoms with E-state index in [4.69, 9.17) is 0 Å². The summed E-state index contributed by atoms with van der Waals surface area (Å²) < 4.78 is 54.1. The number of benzene rings is 1. The fraction of sp³-hybridized carbons (Fsp3) is 0.667. The normalized spacial score (nSPS) is 22.1. The van der Waals surface area contributed by atoms with Crippen LogP contribution in [0.3, 0.4) is 0 Å². The molecule has 0 spiro atoms. The molecule has 0 N–H and O–H groups in total. The Balaban J connectivity index is 1.93. The lowest BCUT2D eigenvalue weighted by atomic mass is 10.1. The molecule has 152 valence electrons. The third kappa shape index (κ3) is 4.01. The molecule has 27 heavy (non-hydrogen) atoms. The van der Waals surface area contributed by atoms with Crippen LogP contribution in [0.2, 0.25) is 0 Å². The highest BCUT2D eigenvalue weighted by atomic mass is 32.2. The van der Waals surface area contributed by atoms with E-state index < -0.39 is 20.0 Å². The lowest BCUT2D eigenvalue weighted by molar-refractivity contribution is 0.196. The number of likely N-dealkylation sites (N-methyl/N-ethyl adjacent to an activating group) is 1. The summed E-state index contributed by atoms with van der Waals surface area (Å²) in [6.07, 6.45) is 1.49. The number of aryl methyl sites for hydroxylation is 2. The van der Waals surface area contributed by atoms with E-state index in [0.29, 0.717) is 42.9 Å². The van der Waals surface area contributed by atoms with Gasteiger partial charge in [-0.05, 0) is 56.5 Å². The first-order valence-electron chi connectivity index (χ1n) is 9.51. The predicted octanol–water partition coefficient (Wildman–Crippen LogP) is 1.56. The molecule has 0 unspecified atom stereocenters. The highest BCUT2D eigenvalue weighted by Crippen LogP contribution is 2.32. The fourth-order valence-corrected chi connectivity index (χ4v) is 7.21. The van der Waals surface area contributed by atoms with Crippen LogP contribution < -0.4 is 4.31 Å². The van der Waals surface area contributed by atoms with Gasteiger partial charge in [0.25, 0.3) is 0 Å². The maximum atomic E-state index is 13.1. The number of sulfonamides is 2. The minimum absolute atomic E-state index is 0.146. The molecule has 3 rings (SSSR count). The summed E-state index contributed by atoms with van der Waals surface area (Å²) in [6, 6.07) is 3.35. The topological polar surface area (TPSA) is 78.0 Å². The van der Waals surface area contributed by atoms with Crippen molar-refractivity contribution in [3.05, 3.63) is 23.3 Å². The maximum absolute atomic E-state index is 13.1. The summed E-state index contributed by atoms with van der Waals surface area (Å²) in [5, 5.41) is 0. The van der Waals surface area contributed by atoms with Gasteiger partial charge in [0.2, 0.25) is 20.0 Å². The molecular formula is C18H29N3O4S2. The Morgan fingerprint density at radius 1 is 0.963 bits per heavy atom. The van der Waals surface area contributed by atoms with Gasteiger partial charge in [0, 0.05) is 32.7 Å². The Morgan fingerprint density at radius 3 is 2.22 bits per heavy atom. The SMILES string of the molecule is CCN1CCN(S(=O)(=O)c2cc(C)c(N3CCCCS3(=O)=O)cc2C)CC1. The van der Waals surface area contributed by atoms with Gasteiger partial charge in [0.15, 0.2) is 0 Å². The van der Waals surface area contributed by atoms with Crippen LogP contribution in [0.15, 0.2) is 17.0 Å². The molecule has 2 aliphatic heterocycles. The molecule has 1 aromatic carbocycles. The van der Waals surface area contributed by atoms with E-state index >= 15 is 0 Å². The van der Waals surface area contributed by atoms with Crippen molar-refractivity contribution in [2.75, 3.05) is 49.3 Å². The third-order valence-electron chi connectivity index (χ3n) is 5.51. The second-order valence-electron chi connectivity index (χ2n) is 7.34. The predicted molar refractivity (Wildman–Crippen MR) is 107 cm³/mol. The van der Waals surface area contributed by atoms with Crippen LogP contribution in [-0.4, -0.2) is 71.1 Å². The molecule has 0 aromatic heterocycles. The minimum Gasteiger partial charge on any atom is -0.301 e. The molecule has 0 bridgehead atoms. The highest BCUT2D eigenvalue weighted by Gasteiger charge is 2.32. The molecular weight excluding hydrogens is 386 g/mol. The van der Waals surface area contributed by atoms with Gasteiger partial charge in [-0.15, -0.1) is 0 Å². The zero-order valence-electron chi connectivity index (χ0n) is 16.3. The van der Waals surface area contributed by atoms with Crippen molar-refractivity contribution in [3.8, 4) is 0 Å². The van der Waals surface area contributed by atoms with Gasteiger partial charge < -0.3 is 4.90 Å². The van der Waals surface area contributed by atoms with Crippen molar-refractivity contribution in [1.82, 2.24) is 9.21 Å². The quantitative estimate of drug-likeness (QED) is 0.746.